The van der Waals surface area contributed by atoms with Gasteiger partial charge in [-0.15, -0.1) is 0 Å². The van der Waals surface area contributed by atoms with Gasteiger partial charge in [-0.3, -0.25) is 4.79 Å². The lowest BCUT2D eigenvalue weighted by Gasteiger charge is -2.32. The predicted octanol–water partition coefficient (Wildman–Crippen LogP) is 1.18. The van der Waals surface area contributed by atoms with Crippen LogP contribution in [0, 0.1) is 5.92 Å². The summed E-state index contributed by atoms with van der Waals surface area (Å²) in [5.74, 6) is 0.336. The Balaban J connectivity index is 2.12. The number of carbonyl (C=O) groups is 1. The molecule has 1 saturated heterocycles. The molecule has 0 aromatic carbocycles. The van der Waals surface area contributed by atoms with Crippen LogP contribution in [0.1, 0.15) is 26.7 Å². The van der Waals surface area contributed by atoms with Gasteiger partial charge in [0, 0.05) is 19.1 Å². The number of carboxylic acids is 1. The topological polar surface area (TPSA) is 104 Å². The molecule has 0 aliphatic carbocycles. The van der Waals surface area contributed by atoms with E-state index in [0.29, 0.717) is 43.3 Å². The average molecular weight is 279 g/mol. The molecule has 1 fully saturated rings. The molecule has 4 N–H and O–H groups in total. The Morgan fingerprint density at radius 1 is 1.45 bits per heavy atom. The Bertz CT molecular complexity index is 484. The predicted molar refractivity (Wildman–Crippen MR) is 77.8 cm³/mol. The minimum atomic E-state index is -0.720. The summed E-state index contributed by atoms with van der Waals surface area (Å²) in [7, 11) is 0. The monoisotopic (exact) mass is 279 g/mol. The number of nitrogens with one attached hydrogen (secondary N) is 1. The van der Waals surface area contributed by atoms with Gasteiger partial charge in [-0.05, 0) is 26.7 Å². The molecule has 7 nitrogen and oxygen atoms in total. The second kappa shape index (κ2) is 5.94. The van der Waals surface area contributed by atoms with Crippen molar-refractivity contribution in [1.29, 1.82) is 0 Å². The number of rotatable bonds is 4. The van der Waals surface area contributed by atoms with Crippen LogP contribution in [0.4, 0.5) is 17.3 Å². The maximum atomic E-state index is 11.0. The van der Waals surface area contributed by atoms with Crippen molar-refractivity contribution in [3.63, 3.8) is 0 Å². The van der Waals surface area contributed by atoms with Crippen molar-refractivity contribution in [2.75, 3.05) is 29.0 Å². The number of nitrogens with zero attached hydrogens (tertiary/aromatic N) is 3. The van der Waals surface area contributed by atoms with Crippen LogP contribution >= 0.6 is 0 Å². The summed E-state index contributed by atoms with van der Waals surface area (Å²) in [5, 5.41) is 12.2. The number of carboxylic acid groups (broad SMARTS) is 1. The molecule has 7 heteroatoms. The summed E-state index contributed by atoms with van der Waals surface area (Å²) < 4.78 is 0. The maximum Gasteiger partial charge on any atom is 0.306 e. The molecule has 1 aromatic rings. The SMILES string of the molecule is CC(C)Nc1ncnc(N2CCC(C(=O)O)CC2)c1N. The molecule has 0 bridgehead atoms. The van der Waals surface area contributed by atoms with E-state index >= 15 is 0 Å². The van der Waals surface area contributed by atoms with Crippen molar-refractivity contribution in [2.45, 2.75) is 32.7 Å². The zero-order valence-electron chi connectivity index (χ0n) is 11.8. The molecule has 2 heterocycles. The van der Waals surface area contributed by atoms with Crippen molar-refractivity contribution in [2.24, 2.45) is 5.92 Å². The summed E-state index contributed by atoms with van der Waals surface area (Å²) in [4.78, 5) is 21.4. The smallest absolute Gasteiger partial charge is 0.306 e. The number of aliphatic carboxylic acids is 1. The Morgan fingerprint density at radius 3 is 2.65 bits per heavy atom. The molecule has 0 radical (unpaired) electrons. The highest BCUT2D eigenvalue weighted by atomic mass is 16.4. The number of piperidine rings is 1. The Kier molecular flexibility index (Phi) is 4.26. The molecule has 0 atom stereocenters. The van der Waals surface area contributed by atoms with Gasteiger partial charge >= 0.3 is 5.97 Å². The van der Waals surface area contributed by atoms with Gasteiger partial charge in [-0.25, -0.2) is 9.97 Å². The maximum absolute atomic E-state index is 11.0. The zero-order valence-corrected chi connectivity index (χ0v) is 11.8. The van der Waals surface area contributed by atoms with E-state index in [4.69, 9.17) is 10.8 Å². The molecule has 110 valence electrons. The third-order valence-corrected chi connectivity index (χ3v) is 3.43. The lowest BCUT2D eigenvalue weighted by Crippen LogP contribution is -2.37. The number of aromatic nitrogens is 2. The molecule has 1 aromatic heterocycles. The summed E-state index contributed by atoms with van der Waals surface area (Å²) in [6.07, 6.45) is 2.72. The fraction of sp³-hybridized carbons (Fsp3) is 0.615. The van der Waals surface area contributed by atoms with Crippen LogP contribution in [0.2, 0.25) is 0 Å². The van der Waals surface area contributed by atoms with E-state index in [1.165, 1.54) is 6.33 Å². The van der Waals surface area contributed by atoms with Crippen LogP contribution in [0.15, 0.2) is 6.33 Å². The minimum absolute atomic E-state index is 0.234. The highest BCUT2D eigenvalue weighted by Crippen LogP contribution is 2.29. The molecule has 0 saturated carbocycles. The minimum Gasteiger partial charge on any atom is -0.481 e. The summed E-state index contributed by atoms with van der Waals surface area (Å²) >= 11 is 0. The average Bonchev–Trinajstić information content (AvgIpc) is 2.41. The molecule has 2 rings (SSSR count). The van der Waals surface area contributed by atoms with Gasteiger partial charge in [-0.1, -0.05) is 0 Å². The van der Waals surface area contributed by atoms with E-state index in [9.17, 15) is 4.79 Å². The van der Waals surface area contributed by atoms with Crippen molar-refractivity contribution in [3.8, 4) is 0 Å². The van der Waals surface area contributed by atoms with E-state index in [-0.39, 0.29) is 12.0 Å². The van der Waals surface area contributed by atoms with Gasteiger partial charge in [-0.2, -0.15) is 0 Å². The lowest BCUT2D eigenvalue weighted by molar-refractivity contribution is -0.142. The molecular formula is C13H21N5O2. The highest BCUT2D eigenvalue weighted by molar-refractivity contribution is 5.75. The lowest BCUT2D eigenvalue weighted by atomic mass is 9.97. The number of hydrogen-bond acceptors (Lipinski definition) is 6. The summed E-state index contributed by atoms with van der Waals surface area (Å²) in [6.45, 7) is 5.33. The van der Waals surface area contributed by atoms with Gasteiger partial charge in [0.1, 0.15) is 12.0 Å². The molecule has 20 heavy (non-hydrogen) atoms. The normalized spacial score (nSPS) is 16.4. The van der Waals surface area contributed by atoms with Crippen LogP contribution in [0.25, 0.3) is 0 Å². The quantitative estimate of drug-likeness (QED) is 0.760. The van der Waals surface area contributed by atoms with Crippen LogP contribution in [-0.4, -0.2) is 40.2 Å². The van der Waals surface area contributed by atoms with Gasteiger partial charge < -0.3 is 21.1 Å². The molecule has 0 unspecified atom stereocenters. The number of hydrogen-bond donors (Lipinski definition) is 3. The van der Waals surface area contributed by atoms with Gasteiger partial charge in [0.05, 0.1) is 5.92 Å². The Morgan fingerprint density at radius 2 is 2.10 bits per heavy atom. The van der Waals surface area contributed by atoms with E-state index < -0.39 is 5.97 Å². The molecule has 1 aliphatic rings. The van der Waals surface area contributed by atoms with E-state index in [2.05, 4.69) is 15.3 Å². The third kappa shape index (κ3) is 3.09. The van der Waals surface area contributed by atoms with Gasteiger partial charge in [0.2, 0.25) is 0 Å². The first-order chi connectivity index (χ1) is 9.49. The fourth-order valence-corrected chi connectivity index (χ4v) is 2.36. The fourth-order valence-electron chi connectivity index (χ4n) is 2.36. The van der Waals surface area contributed by atoms with Crippen molar-refractivity contribution < 1.29 is 9.90 Å². The van der Waals surface area contributed by atoms with Crippen molar-refractivity contribution in [1.82, 2.24) is 9.97 Å². The van der Waals surface area contributed by atoms with Crippen LogP contribution < -0.4 is 16.0 Å². The molecule has 0 spiro atoms. The highest BCUT2D eigenvalue weighted by Gasteiger charge is 2.26. The second-order valence-electron chi connectivity index (χ2n) is 5.36. The van der Waals surface area contributed by atoms with E-state index in [1.54, 1.807) is 0 Å². The molecular weight excluding hydrogens is 258 g/mol. The first-order valence-corrected chi connectivity index (χ1v) is 6.83. The number of nitrogens with two attached hydrogens (primary N) is 1. The van der Waals surface area contributed by atoms with E-state index in [0.717, 1.165) is 0 Å². The van der Waals surface area contributed by atoms with Gasteiger partial charge in [0.25, 0.3) is 0 Å². The largest absolute Gasteiger partial charge is 0.481 e. The van der Waals surface area contributed by atoms with Crippen molar-refractivity contribution in [3.05, 3.63) is 6.33 Å². The van der Waals surface area contributed by atoms with Crippen LogP contribution in [0.5, 0.6) is 0 Å². The summed E-state index contributed by atoms with van der Waals surface area (Å²) in [6, 6.07) is 0.234. The van der Waals surface area contributed by atoms with Gasteiger partial charge in [0.15, 0.2) is 11.6 Å². The molecule has 1 aliphatic heterocycles. The van der Waals surface area contributed by atoms with Crippen molar-refractivity contribution >= 4 is 23.3 Å². The second-order valence-corrected chi connectivity index (χ2v) is 5.36. The number of anilines is 3. The first kappa shape index (κ1) is 14.4. The Hall–Kier alpha value is -2.05. The third-order valence-electron chi connectivity index (χ3n) is 3.43. The molecule has 0 amide bonds. The Labute approximate surface area is 118 Å². The summed E-state index contributed by atoms with van der Waals surface area (Å²) in [5.41, 5.74) is 6.63. The number of nitrogen functional groups attached to an aromatic ring is 1. The van der Waals surface area contributed by atoms with Crippen LogP contribution in [-0.2, 0) is 4.79 Å². The zero-order chi connectivity index (χ0) is 14.7. The first-order valence-electron chi connectivity index (χ1n) is 6.83. The standard InChI is InChI=1S/C13H21N5O2/c1-8(2)17-11-10(14)12(16-7-15-11)18-5-3-9(4-6-18)13(19)20/h7-9H,3-6,14H2,1-2H3,(H,19,20)(H,15,16,17). The van der Waals surface area contributed by atoms with E-state index in [1.807, 2.05) is 18.7 Å². The van der Waals surface area contributed by atoms with Crippen LogP contribution in [0.3, 0.4) is 0 Å².